The monoisotopic (exact) mass is 206 g/mol. The molecule has 1 aromatic carbocycles. The van der Waals surface area contributed by atoms with Crippen LogP contribution in [0.15, 0.2) is 12.1 Å². The van der Waals surface area contributed by atoms with E-state index >= 15 is 0 Å². The standard InChI is InChI=1S/C12H14O3/c1-12(2)6-5-8(13)10-7(12)3-4-9(14)11(10)15/h3-4,14-15H,5-6H2,1-2H3. The molecule has 0 aliphatic heterocycles. The number of ketones is 1. The van der Waals surface area contributed by atoms with E-state index in [9.17, 15) is 15.0 Å². The summed E-state index contributed by atoms with van der Waals surface area (Å²) in [5.74, 6) is -0.581. The Bertz CT molecular complexity index is 433. The van der Waals surface area contributed by atoms with Gasteiger partial charge in [-0.3, -0.25) is 4.79 Å². The van der Waals surface area contributed by atoms with Crippen molar-refractivity contribution >= 4 is 5.78 Å². The van der Waals surface area contributed by atoms with Gasteiger partial charge in [-0.15, -0.1) is 0 Å². The van der Waals surface area contributed by atoms with E-state index < -0.39 is 0 Å². The van der Waals surface area contributed by atoms with E-state index in [0.29, 0.717) is 12.0 Å². The lowest BCUT2D eigenvalue weighted by Gasteiger charge is -2.31. The van der Waals surface area contributed by atoms with Gasteiger partial charge in [-0.2, -0.15) is 0 Å². The van der Waals surface area contributed by atoms with Crippen molar-refractivity contribution in [3.8, 4) is 11.5 Å². The second-order valence-corrected chi connectivity index (χ2v) is 4.66. The van der Waals surface area contributed by atoms with Crippen molar-refractivity contribution < 1.29 is 15.0 Å². The van der Waals surface area contributed by atoms with Gasteiger partial charge in [-0.05, 0) is 23.5 Å². The summed E-state index contributed by atoms with van der Waals surface area (Å²) in [5.41, 5.74) is 1.01. The summed E-state index contributed by atoms with van der Waals surface area (Å²) in [7, 11) is 0. The van der Waals surface area contributed by atoms with Gasteiger partial charge in [-0.1, -0.05) is 19.9 Å². The van der Waals surface area contributed by atoms with E-state index in [4.69, 9.17) is 0 Å². The Kier molecular flexibility index (Phi) is 2.00. The van der Waals surface area contributed by atoms with Crippen LogP contribution in [0.1, 0.15) is 42.6 Å². The second-order valence-electron chi connectivity index (χ2n) is 4.66. The zero-order valence-corrected chi connectivity index (χ0v) is 8.87. The van der Waals surface area contributed by atoms with Crippen molar-refractivity contribution in [3.05, 3.63) is 23.3 Å². The number of carbonyl (C=O) groups excluding carboxylic acids is 1. The Morgan fingerprint density at radius 3 is 2.60 bits per heavy atom. The van der Waals surface area contributed by atoms with Gasteiger partial charge in [0.1, 0.15) is 0 Å². The maximum atomic E-state index is 11.7. The molecule has 0 fully saturated rings. The Labute approximate surface area is 88.4 Å². The third-order valence-corrected chi connectivity index (χ3v) is 3.14. The molecular weight excluding hydrogens is 192 g/mol. The topological polar surface area (TPSA) is 57.5 Å². The summed E-state index contributed by atoms with van der Waals surface area (Å²) in [6.45, 7) is 4.07. The molecule has 0 saturated heterocycles. The van der Waals surface area contributed by atoms with Crippen molar-refractivity contribution in [1.82, 2.24) is 0 Å². The Morgan fingerprint density at radius 1 is 1.27 bits per heavy atom. The molecule has 0 atom stereocenters. The van der Waals surface area contributed by atoms with E-state index in [0.717, 1.165) is 12.0 Å². The van der Waals surface area contributed by atoms with Crippen LogP contribution in [0.4, 0.5) is 0 Å². The number of benzene rings is 1. The lowest BCUT2D eigenvalue weighted by molar-refractivity contribution is 0.0952. The largest absolute Gasteiger partial charge is 0.504 e. The molecule has 15 heavy (non-hydrogen) atoms. The van der Waals surface area contributed by atoms with E-state index in [1.54, 1.807) is 6.07 Å². The Morgan fingerprint density at radius 2 is 1.93 bits per heavy atom. The van der Waals surface area contributed by atoms with E-state index in [1.807, 2.05) is 13.8 Å². The number of rotatable bonds is 0. The second kappa shape index (κ2) is 2.99. The van der Waals surface area contributed by atoms with Gasteiger partial charge in [0.2, 0.25) is 0 Å². The molecular formula is C12H14O3. The minimum Gasteiger partial charge on any atom is -0.504 e. The molecule has 0 heterocycles. The molecule has 0 saturated carbocycles. The fourth-order valence-electron chi connectivity index (χ4n) is 2.11. The molecule has 0 radical (unpaired) electrons. The number of carbonyl (C=O) groups is 1. The lowest BCUT2D eigenvalue weighted by Crippen LogP contribution is -2.27. The molecule has 3 nitrogen and oxygen atoms in total. The fourth-order valence-corrected chi connectivity index (χ4v) is 2.11. The number of Topliss-reactive ketones (excluding diaryl/α,β-unsaturated/α-hetero) is 1. The van der Waals surface area contributed by atoms with Gasteiger partial charge in [0, 0.05) is 6.42 Å². The van der Waals surface area contributed by atoms with Crippen LogP contribution in [0, 0.1) is 0 Å². The van der Waals surface area contributed by atoms with Crippen LogP contribution in [0.3, 0.4) is 0 Å². The molecule has 0 amide bonds. The number of hydrogen-bond acceptors (Lipinski definition) is 3. The van der Waals surface area contributed by atoms with Crippen molar-refractivity contribution in [2.75, 3.05) is 0 Å². The van der Waals surface area contributed by atoms with Crippen LogP contribution in [0.25, 0.3) is 0 Å². The summed E-state index contributed by atoms with van der Waals surface area (Å²) in [5, 5.41) is 19.0. The SMILES string of the molecule is CC1(C)CCC(=O)c2c1ccc(O)c2O. The quantitative estimate of drug-likeness (QED) is 0.640. The minimum atomic E-state index is -0.273. The normalized spacial score (nSPS) is 18.7. The number of phenolic OH excluding ortho intramolecular Hbond substituents is 2. The Hall–Kier alpha value is -1.51. The first kappa shape index (κ1) is 10.0. The highest BCUT2D eigenvalue weighted by molar-refractivity contribution is 6.02. The van der Waals surface area contributed by atoms with Gasteiger partial charge in [-0.25, -0.2) is 0 Å². The van der Waals surface area contributed by atoms with Crippen LogP contribution >= 0.6 is 0 Å². The maximum Gasteiger partial charge on any atom is 0.168 e. The van der Waals surface area contributed by atoms with Gasteiger partial charge in [0.05, 0.1) is 5.56 Å². The summed E-state index contributed by atoms with van der Waals surface area (Å²) >= 11 is 0. The molecule has 1 aromatic rings. The van der Waals surface area contributed by atoms with Crippen LogP contribution in [0.2, 0.25) is 0 Å². The zero-order valence-electron chi connectivity index (χ0n) is 8.87. The molecule has 2 rings (SSSR count). The third kappa shape index (κ3) is 1.39. The first-order valence-corrected chi connectivity index (χ1v) is 5.02. The van der Waals surface area contributed by atoms with Gasteiger partial charge in [0.25, 0.3) is 0 Å². The number of phenols is 2. The van der Waals surface area contributed by atoms with Crippen LogP contribution in [-0.4, -0.2) is 16.0 Å². The summed E-state index contributed by atoms with van der Waals surface area (Å²) in [6, 6.07) is 3.16. The predicted octanol–water partition coefficient (Wildman–Crippen LogP) is 2.35. The van der Waals surface area contributed by atoms with Crippen molar-refractivity contribution in [1.29, 1.82) is 0 Å². The number of aromatic hydroxyl groups is 2. The first-order chi connectivity index (χ1) is 6.93. The molecule has 0 aromatic heterocycles. The van der Waals surface area contributed by atoms with Gasteiger partial charge < -0.3 is 10.2 Å². The fraction of sp³-hybridized carbons (Fsp3) is 0.417. The molecule has 0 bridgehead atoms. The zero-order chi connectivity index (χ0) is 11.2. The smallest absolute Gasteiger partial charge is 0.168 e. The molecule has 1 aliphatic carbocycles. The summed E-state index contributed by atoms with van der Waals surface area (Å²) in [6.07, 6.45) is 1.21. The van der Waals surface area contributed by atoms with Crippen LogP contribution in [0.5, 0.6) is 11.5 Å². The van der Waals surface area contributed by atoms with Crippen molar-refractivity contribution in [2.45, 2.75) is 32.1 Å². The predicted molar refractivity (Wildman–Crippen MR) is 56.4 cm³/mol. The summed E-state index contributed by atoms with van der Waals surface area (Å²) < 4.78 is 0. The third-order valence-electron chi connectivity index (χ3n) is 3.14. The van der Waals surface area contributed by atoms with Crippen LogP contribution in [-0.2, 0) is 5.41 Å². The maximum absolute atomic E-state index is 11.7. The number of hydrogen-bond donors (Lipinski definition) is 2. The number of fused-ring (bicyclic) bond motifs is 1. The van der Waals surface area contributed by atoms with Gasteiger partial charge in [0.15, 0.2) is 17.3 Å². The molecule has 1 aliphatic rings. The highest BCUT2D eigenvalue weighted by Gasteiger charge is 2.34. The van der Waals surface area contributed by atoms with Crippen molar-refractivity contribution in [3.63, 3.8) is 0 Å². The van der Waals surface area contributed by atoms with E-state index in [1.165, 1.54) is 6.07 Å². The molecule has 3 heteroatoms. The first-order valence-electron chi connectivity index (χ1n) is 5.02. The highest BCUT2D eigenvalue weighted by atomic mass is 16.3. The van der Waals surface area contributed by atoms with E-state index in [2.05, 4.69) is 0 Å². The molecule has 2 N–H and O–H groups in total. The highest BCUT2D eigenvalue weighted by Crippen LogP contribution is 2.43. The van der Waals surface area contributed by atoms with Crippen LogP contribution < -0.4 is 0 Å². The average molecular weight is 206 g/mol. The minimum absolute atomic E-state index is 0.0854. The van der Waals surface area contributed by atoms with Gasteiger partial charge >= 0.3 is 0 Å². The molecule has 0 unspecified atom stereocenters. The summed E-state index contributed by atoms with van der Waals surface area (Å²) in [4.78, 5) is 11.7. The molecule has 0 spiro atoms. The van der Waals surface area contributed by atoms with E-state index in [-0.39, 0.29) is 22.7 Å². The average Bonchev–Trinajstić information content (AvgIpc) is 2.17. The van der Waals surface area contributed by atoms with Crippen molar-refractivity contribution in [2.24, 2.45) is 0 Å². The lowest BCUT2D eigenvalue weighted by atomic mass is 9.72. The molecule has 80 valence electrons. The Balaban J connectivity index is 2.73.